The predicted molar refractivity (Wildman–Crippen MR) is 231 cm³/mol. The molecule has 10 aromatic rings. The maximum atomic E-state index is 5.20. The minimum atomic E-state index is 0.625. The van der Waals surface area contributed by atoms with Gasteiger partial charge in [-0.1, -0.05) is 164 Å². The third-order valence-corrected chi connectivity index (χ3v) is 11.3. The van der Waals surface area contributed by atoms with Crippen molar-refractivity contribution in [3.05, 3.63) is 200 Å². The standard InChI is InChI=1S/C51H33N3S/c1-4-12-34(13-5-1)37-20-24-39(25-21-37)49-52-50(40-26-22-38(23-27-40)35-14-6-2-7-15-35)54-51(53-49)44-31-42(36-16-8-3-9-17-36)30-43(32-44)41-28-29-48-46(33-41)45-18-10-11-19-47(45)55-48/h1-33H. The van der Waals surface area contributed by atoms with Crippen LogP contribution >= 0.6 is 11.3 Å². The lowest BCUT2D eigenvalue weighted by Crippen LogP contribution is -2.00. The van der Waals surface area contributed by atoms with Crippen molar-refractivity contribution in [3.8, 4) is 78.7 Å². The summed E-state index contributed by atoms with van der Waals surface area (Å²) in [6.45, 7) is 0. The highest BCUT2D eigenvalue weighted by Crippen LogP contribution is 2.39. The van der Waals surface area contributed by atoms with Gasteiger partial charge >= 0.3 is 0 Å². The van der Waals surface area contributed by atoms with Crippen molar-refractivity contribution in [1.82, 2.24) is 15.0 Å². The zero-order valence-electron chi connectivity index (χ0n) is 29.8. The smallest absolute Gasteiger partial charge is 0.164 e. The van der Waals surface area contributed by atoms with E-state index in [4.69, 9.17) is 15.0 Å². The fourth-order valence-corrected chi connectivity index (χ4v) is 8.36. The van der Waals surface area contributed by atoms with Gasteiger partial charge in [0.1, 0.15) is 0 Å². The Morgan fingerprint density at radius 2 is 0.600 bits per heavy atom. The Labute approximate surface area is 323 Å². The first-order valence-electron chi connectivity index (χ1n) is 18.4. The van der Waals surface area contributed by atoms with Crippen LogP contribution in [-0.2, 0) is 0 Å². The van der Waals surface area contributed by atoms with Crippen LogP contribution in [0, 0.1) is 0 Å². The van der Waals surface area contributed by atoms with E-state index in [1.165, 1.54) is 31.3 Å². The molecule has 0 bridgehead atoms. The first-order valence-corrected chi connectivity index (χ1v) is 19.2. The molecule has 8 aromatic carbocycles. The molecule has 0 fully saturated rings. The molecule has 0 spiro atoms. The van der Waals surface area contributed by atoms with Gasteiger partial charge in [0, 0.05) is 36.9 Å². The molecule has 55 heavy (non-hydrogen) atoms. The molecular formula is C51H33N3S. The highest BCUT2D eigenvalue weighted by atomic mass is 32.1. The summed E-state index contributed by atoms with van der Waals surface area (Å²) in [6, 6.07) is 70.6. The molecule has 4 heteroatoms. The fraction of sp³-hybridized carbons (Fsp3) is 0. The van der Waals surface area contributed by atoms with Crippen LogP contribution in [0.2, 0.25) is 0 Å². The number of nitrogens with zero attached hydrogens (tertiary/aromatic N) is 3. The third-order valence-electron chi connectivity index (χ3n) is 10.1. The summed E-state index contributed by atoms with van der Waals surface area (Å²) in [4.78, 5) is 15.5. The van der Waals surface area contributed by atoms with Crippen molar-refractivity contribution >= 4 is 31.5 Å². The van der Waals surface area contributed by atoms with Gasteiger partial charge in [0.15, 0.2) is 17.5 Å². The van der Waals surface area contributed by atoms with Gasteiger partial charge in [-0.3, -0.25) is 0 Å². The summed E-state index contributed by atoms with van der Waals surface area (Å²) in [5.41, 5.74) is 11.9. The minimum absolute atomic E-state index is 0.625. The Morgan fingerprint density at radius 3 is 1.15 bits per heavy atom. The van der Waals surface area contributed by atoms with Gasteiger partial charge < -0.3 is 0 Å². The third kappa shape index (κ3) is 6.50. The molecule has 0 saturated heterocycles. The molecule has 0 atom stereocenters. The average Bonchev–Trinajstić information content (AvgIpc) is 3.65. The number of hydrogen-bond acceptors (Lipinski definition) is 4. The van der Waals surface area contributed by atoms with Crippen LogP contribution in [0.4, 0.5) is 0 Å². The van der Waals surface area contributed by atoms with Crippen molar-refractivity contribution in [3.63, 3.8) is 0 Å². The van der Waals surface area contributed by atoms with E-state index in [9.17, 15) is 0 Å². The van der Waals surface area contributed by atoms with Crippen molar-refractivity contribution < 1.29 is 0 Å². The molecule has 0 saturated carbocycles. The number of fused-ring (bicyclic) bond motifs is 3. The van der Waals surface area contributed by atoms with Crippen LogP contribution in [0.1, 0.15) is 0 Å². The molecule has 3 nitrogen and oxygen atoms in total. The number of aromatic nitrogens is 3. The van der Waals surface area contributed by atoms with E-state index in [0.29, 0.717) is 17.5 Å². The molecule has 0 N–H and O–H groups in total. The Hall–Kier alpha value is -7.01. The number of thiophene rings is 1. The monoisotopic (exact) mass is 719 g/mol. The molecule has 0 aliphatic rings. The number of hydrogen-bond donors (Lipinski definition) is 0. The second-order valence-electron chi connectivity index (χ2n) is 13.7. The highest BCUT2D eigenvalue weighted by molar-refractivity contribution is 7.25. The molecule has 0 aliphatic carbocycles. The summed E-state index contributed by atoms with van der Waals surface area (Å²) in [6.07, 6.45) is 0. The minimum Gasteiger partial charge on any atom is -0.208 e. The van der Waals surface area contributed by atoms with E-state index in [2.05, 4.69) is 188 Å². The van der Waals surface area contributed by atoms with E-state index < -0.39 is 0 Å². The van der Waals surface area contributed by atoms with Crippen molar-refractivity contribution in [1.29, 1.82) is 0 Å². The van der Waals surface area contributed by atoms with Crippen LogP contribution in [0.25, 0.3) is 98.8 Å². The van der Waals surface area contributed by atoms with Gasteiger partial charge in [-0.05, 0) is 80.9 Å². The first kappa shape index (κ1) is 32.6. The van der Waals surface area contributed by atoms with Gasteiger partial charge in [-0.25, -0.2) is 15.0 Å². The van der Waals surface area contributed by atoms with E-state index >= 15 is 0 Å². The Balaban J connectivity index is 1.14. The van der Waals surface area contributed by atoms with E-state index in [1.54, 1.807) is 0 Å². The lowest BCUT2D eigenvalue weighted by atomic mass is 9.95. The summed E-state index contributed by atoms with van der Waals surface area (Å²) in [5.74, 6) is 1.88. The lowest BCUT2D eigenvalue weighted by molar-refractivity contribution is 1.07. The fourth-order valence-electron chi connectivity index (χ4n) is 7.27. The molecule has 0 radical (unpaired) electrons. The Kier molecular flexibility index (Phi) is 8.36. The molecule has 0 unspecified atom stereocenters. The maximum Gasteiger partial charge on any atom is 0.164 e. The van der Waals surface area contributed by atoms with Gasteiger partial charge in [-0.15, -0.1) is 11.3 Å². The van der Waals surface area contributed by atoms with Gasteiger partial charge in [-0.2, -0.15) is 0 Å². The van der Waals surface area contributed by atoms with Crippen LogP contribution < -0.4 is 0 Å². The predicted octanol–water partition coefficient (Wildman–Crippen LogP) is 13.9. The van der Waals surface area contributed by atoms with Gasteiger partial charge in [0.25, 0.3) is 0 Å². The van der Waals surface area contributed by atoms with Crippen LogP contribution in [0.3, 0.4) is 0 Å². The summed E-state index contributed by atoms with van der Waals surface area (Å²) in [7, 11) is 0. The molecule has 0 aliphatic heterocycles. The van der Waals surface area contributed by atoms with Crippen molar-refractivity contribution in [2.24, 2.45) is 0 Å². The summed E-state index contributed by atoms with van der Waals surface area (Å²) < 4.78 is 2.58. The molecule has 10 rings (SSSR count). The zero-order chi connectivity index (χ0) is 36.6. The van der Waals surface area contributed by atoms with Gasteiger partial charge in [0.05, 0.1) is 0 Å². The summed E-state index contributed by atoms with van der Waals surface area (Å²) in [5, 5.41) is 2.56. The molecular weight excluding hydrogens is 687 g/mol. The van der Waals surface area contributed by atoms with Crippen LogP contribution in [-0.4, -0.2) is 15.0 Å². The number of rotatable bonds is 7. The first-order chi connectivity index (χ1) is 27.2. The number of benzene rings is 8. The van der Waals surface area contributed by atoms with Crippen LogP contribution in [0.5, 0.6) is 0 Å². The topological polar surface area (TPSA) is 38.7 Å². The van der Waals surface area contributed by atoms with E-state index in [-0.39, 0.29) is 0 Å². The summed E-state index contributed by atoms with van der Waals surface area (Å²) >= 11 is 1.84. The second kappa shape index (κ2) is 14.1. The zero-order valence-corrected chi connectivity index (χ0v) is 30.6. The van der Waals surface area contributed by atoms with Crippen molar-refractivity contribution in [2.75, 3.05) is 0 Å². The second-order valence-corrected chi connectivity index (χ2v) is 14.8. The SMILES string of the molecule is c1ccc(-c2ccc(-c3nc(-c4ccc(-c5ccccc5)cc4)nc(-c4cc(-c5ccccc5)cc(-c5ccc6sc7ccccc7c6c5)c4)n3)cc2)cc1. The van der Waals surface area contributed by atoms with Gasteiger partial charge in [0.2, 0.25) is 0 Å². The highest BCUT2D eigenvalue weighted by Gasteiger charge is 2.16. The maximum absolute atomic E-state index is 5.20. The van der Waals surface area contributed by atoms with Crippen LogP contribution in [0.15, 0.2) is 200 Å². The Morgan fingerprint density at radius 1 is 0.236 bits per heavy atom. The molecule has 0 amide bonds. The van der Waals surface area contributed by atoms with E-state index in [0.717, 1.165) is 50.1 Å². The quantitative estimate of drug-likeness (QED) is 0.165. The van der Waals surface area contributed by atoms with Crippen molar-refractivity contribution in [2.45, 2.75) is 0 Å². The Bertz CT molecular complexity index is 2840. The normalized spacial score (nSPS) is 11.3. The average molecular weight is 720 g/mol. The molecule has 2 heterocycles. The molecule has 258 valence electrons. The largest absolute Gasteiger partial charge is 0.208 e. The lowest BCUT2D eigenvalue weighted by Gasteiger charge is -2.13. The molecule has 2 aromatic heterocycles. The van der Waals surface area contributed by atoms with E-state index in [1.807, 2.05) is 23.5 Å².